The van der Waals surface area contributed by atoms with Crippen LogP contribution in [0, 0.1) is 0 Å². The number of rotatable bonds is 2. The van der Waals surface area contributed by atoms with Crippen molar-refractivity contribution >= 4 is 44.6 Å². The zero-order chi connectivity index (χ0) is 30.1. The van der Waals surface area contributed by atoms with E-state index < -0.39 is 57.2 Å². The van der Waals surface area contributed by atoms with Crippen molar-refractivity contribution in [2.24, 2.45) is 0 Å². The van der Waals surface area contributed by atoms with Crippen LogP contribution in [0.5, 0.6) is 11.5 Å². The number of aromatic hydroxyl groups is 1. The van der Waals surface area contributed by atoms with Crippen LogP contribution in [0.2, 0.25) is 0 Å². The number of hydrogen-bond donors (Lipinski definition) is 7. The van der Waals surface area contributed by atoms with Crippen molar-refractivity contribution in [3.05, 3.63) is 69.6 Å². The van der Waals surface area contributed by atoms with Crippen LogP contribution >= 0.6 is 16.3 Å². The Balaban J connectivity index is 1.30. The van der Waals surface area contributed by atoms with Gasteiger partial charge < -0.3 is 0 Å². The van der Waals surface area contributed by atoms with Crippen LogP contribution in [-0.2, 0) is 24.9 Å². The Bertz CT molecular complexity index is 2110. The maximum absolute atomic E-state index is 12.1. The summed E-state index contributed by atoms with van der Waals surface area (Å²) >= 11 is 0. The van der Waals surface area contributed by atoms with Gasteiger partial charge in [-0.2, -0.15) is 0 Å². The van der Waals surface area contributed by atoms with Gasteiger partial charge in [0, 0.05) is 0 Å². The van der Waals surface area contributed by atoms with E-state index in [0.29, 0.717) is 0 Å². The minimum atomic E-state index is -5.19. The minimum absolute atomic E-state index is 0.0234. The molecule has 2 aliphatic rings. The number of fused-ring (bicyclic) bond motifs is 5. The fourth-order valence-electron chi connectivity index (χ4n) is 4.22. The van der Waals surface area contributed by atoms with E-state index >= 15 is 0 Å². The van der Waals surface area contributed by atoms with Gasteiger partial charge in [-0.1, -0.05) is 0 Å². The number of nitrogens with one attached hydrogen (secondary N) is 2. The summed E-state index contributed by atoms with van der Waals surface area (Å²) in [5.74, 6) is -3.04. The van der Waals surface area contributed by atoms with E-state index in [1.54, 1.807) is 0 Å². The second kappa shape index (κ2) is 9.57. The number of hydrogen-bond acceptors (Lipinski definition) is 17. The molecule has 5 aromatic heterocycles. The first kappa shape index (κ1) is 27.0. The zero-order valence-electron chi connectivity index (χ0n) is 21.0. The Morgan fingerprint density at radius 1 is 0.860 bits per heavy atom. The van der Waals surface area contributed by atoms with E-state index in [9.17, 15) is 34.3 Å². The third-order valence-corrected chi connectivity index (χ3v) is 7.96. The molecular formula is C20H18N8O13P2. The predicted molar refractivity (Wildman–Crippen MR) is 142 cm³/mol. The summed E-state index contributed by atoms with van der Waals surface area (Å²) in [4.78, 5) is 87.4. The molecule has 5 aromatic rings. The fraction of sp³-hybridized carbons (Fsp3) is 0.100. The molecule has 7 rings (SSSR count). The monoisotopic (exact) mass is 640 g/mol. The molecule has 7 N–H and O–H groups in total. The summed E-state index contributed by atoms with van der Waals surface area (Å²) in [6, 6.07) is 0. The molecule has 21 nitrogen and oxygen atoms in total. The van der Waals surface area contributed by atoms with Gasteiger partial charge in [0.2, 0.25) is 0 Å². The first-order chi connectivity index (χ1) is 20.5. The molecule has 0 aromatic carbocycles. The molecule has 2 aliphatic heterocycles. The van der Waals surface area contributed by atoms with Crippen molar-refractivity contribution in [3.8, 4) is 17.4 Å². The Hall–Kier alpha value is -4.88. The molecule has 0 saturated carbocycles. The normalized spacial score (nSPS) is 20.7. The van der Waals surface area contributed by atoms with Crippen LogP contribution < -0.4 is 15.6 Å². The second-order valence-corrected chi connectivity index (χ2v) is 12.0. The average molecular weight is 640 g/mol. The SMILES string of the molecule is O=c1[nH]cnc2c1ncn2C1=C2C/C(=C\O[PH](O)(O)Oc3c(oc(-n4cnc5c(=O)[nH]cnc54)c3O)CO[PH](O)(O)O2)O1. The molecular weight excluding hydrogens is 622 g/mol. The van der Waals surface area contributed by atoms with Gasteiger partial charge in [0.05, 0.1) is 0 Å². The Morgan fingerprint density at radius 3 is 2.21 bits per heavy atom. The van der Waals surface area contributed by atoms with Crippen LogP contribution in [-0.4, -0.2) is 63.7 Å². The molecule has 7 heterocycles. The van der Waals surface area contributed by atoms with Crippen LogP contribution in [0.15, 0.2) is 57.1 Å². The molecule has 0 spiro atoms. The van der Waals surface area contributed by atoms with E-state index in [1.807, 2.05) is 0 Å². The summed E-state index contributed by atoms with van der Waals surface area (Å²) in [5, 5.41) is 10.9. The van der Waals surface area contributed by atoms with E-state index in [2.05, 4.69) is 29.9 Å². The van der Waals surface area contributed by atoms with Crippen LogP contribution in [0.1, 0.15) is 12.2 Å². The summed E-state index contributed by atoms with van der Waals surface area (Å²) in [6.45, 7) is -0.859. The molecule has 0 aliphatic carbocycles. The number of ether oxygens (including phenoxy) is 1. The molecule has 226 valence electrons. The summed E-state index contributed by atoms with van der Waals surface area (Å²) in [6.07, 6.45) is 4.91. The molecule has 0 atom stereocenters. The van der Waals surface area contributed by atoms with Crippen molar-refractivity contribution in [3.63, 3.8) is 0 Å². The fourth-order valence-corrected chi connectivity index (χ4v) is 5.89. The van der Waals surface area contributed by atoms with Gasteiger partial charge in [0.25, 0.3) is 0 Å². The average Bonchev–Trinajstić information content (AvgIpc) is 3.72. The second-order valence-electron chi connectivity index (χ2n) is 8.84. The molecule has 43 heavy (non-hydrogen) atoms. The molecule has 0 radical (unpaired) electrons. The number of aromatic amines is 2. The number of imidazole rings is 2. The maximum atomic E-state index is 12.1. The third kappa shape index (κ3) is 4.66. The molecule has 23 heteroatoms. The number of aromatic nitrogens is 8. The van der Waals surface area contributed by atoms with E-state index in [0.717, 1.165) is 29.8 Å². The topological polar surface area (TPSA) is 288 Å². The summed E-state index contributed by atoms with van der Waals surface area (Å²) in [7, 11) is -10.3. The number of nitrogens with zero attached hydrogens (tertiary/aromatic N) is 6. The van der Waals surface area contributed by atoms with E-state index in [1.165, 1.54) is 10.9 Å². The quantitative estimate of drug-likeness (QED) is 0.121. The van der Waals surface area contributed by atoms with Crippen molar-refractivity contribution in [1.29, 1.82) is 0 Å². The summed E-state index contributed by atoms with van der Waals surface area (Å²) in [5.41, 5.74) is -1.35. The van der Waals surface area contributed by atoms with E-state index in [-0.39, 0.29) is 46.2 Å². The number of furan rings is 1. The van der Waals surface area contributed by atoms with Gasteiger partial charge >= 0.3 is 235 Å². The first-order valence-corrected chi connectivity index (χ1v) is 15.3. The van der Waals surface area contributed by atoms with Crippen LogP contribution in [0.3, 0.4) is 0 Å². The van der Waals surface area contributed by atoms with Gasteiger partial charge in [-0.3, -0.25) is 0 Å². The predicted octanol–water partition coefficient (Wildman–Crippen LogP) is -0.340. The van der Waals surface area contributed by atoms with Gasteiger partial charge in [0.15, 0.2) is 0 Å². The van der Waals surface area contributed by atoms with Crippen LogP contribution in [0.25, 0.3) is 34.1 Å². The molecule has 2 bridgehead atoms. The van der Waals surface area contributed by atoms with Gasteiger partial charge in [-0.15, -0.1) is 0 Å². The molecule has 0 amide bonds. The zero-order valence-corrected chi connectivity index (χ0v) is 23.0. The number of H-pyrrole nitrogens is 2. The van der Waals surface area contributed by atoms with Gasteiger partial charge in [-0.25, -0.2) is 0 Å². The van der Waals surface area contributed by atoms with E-state index in [4.69, 9.17) is 27.2 Å². The molecule has 0 unspecified atom stereocenters. The van der Waals surface area contributed by atoms with Crippen LogP contribution in [0.4, 0.5) is 0 Å². The first-order valence-electron chi connectivity index (χ1n) is 11.9. The Morgan fingerprint density at radius 2 is 1.51 bits per heavy atom. The Labute approximate surface area is 235 Å². The molecule has 0 fully saturated rings. The standard InChI is InChI=1S/C20H18N8O13P2/c29-13-14-10(39-20(13)28-7-26-12-16(28)22-5-24-18(12)31)3-37-42(32,33)40-9-1-8(2-36-43(34,35)41-14)38-19(9)27-6-25-11-15(27)21-4-23-17(11)30/h2,4-7,29,32-35,42-43H,1,3H2,(H,21,23,30)(H,22,24,31)/b8-2+. The van der Waals surface area contributed by atoms with Crippen molar-refractivity contribution in [2.45, 2.75) is 13.0 Å². The van der Waals surface area contributed by atoms with Crippen molar-refractivity contribution < 1.29 is 51.9 Å². The summed E-state index contributed by atoms with van der Waals surface area (Å²) < 4.78 is 34.4. The third-order valence-electron chi connectivity index (χ3n) is 6.04. The molecule has 0 saturated heterocycles. The van der Waals surface area contributed by atoms with Gasteiger partial charge in [0.1, 0.15) is 0 Å². The van der Waals surface area contributed by atoms with Gasteiger partial charge in [-0.05, 0) is 0 Å². The van der Waals surface area contributed by atoms with Crippen molar-refractivity contribution in [1.82, 2.24) is 39.0 Å². The van der Waals surface area contributed by atoms with Crippen molar-refractivity contribution in [2.75, 3.05) is 0 Å². The Kier molecular flexibility index (Phi) is 6.01.